The fraction of sp³-hybridized carbons (Fsp3) is 0.800. The molecule has 0 aromatic rings. The van der Waals surface area contributed by atoms with Crippen LogP contribution in [0.5, 0.6) is 0 Å². The summed E-state index contributed by atoms with van der Waals surface area (Å²) in [5.41, 5.74) is 0. The van der Waals surface area contributed by atoms with Gasteiger partial charge >= 0.3 is 0 Å². The maximum Gasteiger partial charge on any atom is 0.216 e. The van der Waals surface area contributed by atoms with Crippen LogP contribution in [0.15, 0.2) is 0 Å². The quantitative estimate of drug-likeness (QED) is 0.585. The van der Waals surface area contributed by atoms with E-state index in [2.05, 4.69) is 5.32 Å². The molecule has 1 unspecified atom stereocenters. The molecule has 0 bridgehead atoms. The summed E-state index contributed by atoms with van der Waals surface area (Å²) in [5, 5.41) is 2.75. The number of likely N-dealkylation sites (N-methyl/N-ethyl adjacent to an activating group) is 1. The fourth-order valence-corrected chi connectivity index (χ4v) is 2.11. The molecule has 0 fully saturated rings. The lowest BCUT2D eigenvalue weighted by molar-refractivity contribution is -0.124. The fourth-order valence-electron chi connectivity index (χ4n) is 2.11. The molecule has 0 aromatic heterocycles. The lowest BCUT2D eigenvalue weighted by atomic mass is 9.99. The van der Waals surface area contributed by atoms with Crippen LogP contribution < -0.4 is 5.32 Å². The Hall–Kier alpha value is -1.23. The summed E-state index contributed by atoms with van der Waals surface area (Å²) in [5.74, 6) is 0.319. The first-order valence-electron chi connectivity index (χ1n) is 7.27. The summed E-state index contributed by atoms with van der Waals surface area (Å²) in [7, 11) is 3.81. The Morgan fingerprint density at radius 3 is 2.15 bits per heavy atom. The van der Waals surface area contributed by atoms with E-state index >= 15 is 0 Å². The summed E-state index contributed by atoms with van der Waals surface area (Å²) in [4.78, 5) is 35.7. The van der Waals surface area contributed by atoms with Gasteiger partial charge in [0.25, 0.3) is 0 Å². The number of hydrogen-bond donors (Lipinski definition) is 1. The van der Waals surface area contributed by atoms with Crippen molar-refractivity contribution in [2.45, 2.75) is 58.4 Å². The molecule has 20 heavy (non-hydrogen) atoms. The standard InChI is InChI=1S/C15H28N2O3/c1-12(18)8-7-10-15(20)14(17(3)4)9-5-6-11-16-13(2)19/h14H,5-11H2,1-4H3,(H,16,19). The highest BCUT2D eigenvalue weighted by Gasteiger charge is 2.19. The smallest absolute Gasteiger partial charge is 0.216 e. The van der Waals surface area contributed by atoms with Crippen molar-refractivity contribution in [2.75, 3.05) is 20.6 Å². The number of nitrogens with one attached hydrogen (secondary N) is 1. The molecule has 0 rings (SSSR count). The number of rotatable bonds is 11. The number of ketones is 2. The first kappa shape index (κ1) is 18.8. The van der Waals surface area contributed by atoms with Crippen LogP contribution >= 0.6 is 0 Å². The molecule has 0 saturated heterocycles. The van der Waals surface area contributed by atoms with E-state index in [0.717, 1.165) is 19.3 Å². The monoisotopic (exact) mass is 284 g/mol. The summed E-state index contributed by atoms with van der Waals surface area (Å²) >= 11 is 0. The third-order valence-electron chi connectivity index (χ3n) is 3.23. The molecule has 0 aromatic carbocycles. The van der Waals surface area contributed by atoms with Gasteiger partial charge < -0.3 is 10.1 Å². The molecule has 0 heterocycles. The second-order valence-corrected chi connectivity index (χ2v) is 5.48. The van der Waals surface area contributed by atoms with Gasteiger partial charge in [-0.1, -0.05) is 0 Å². The van der Waals surface area contributed by atoms with E-state index < -0.39 is 0 Å². The molecule has 0 spiro atoms. The third-order valence-corrected chi connectivity index (χ3v) is 3.23. The van der Waals surface area contributed by atoms with Crippen molar-refractivity contribution in [3.63, 3.8) is 0 Å². The van der Waals surface area contributed by atoms with Crippen molar-refractivity contribution in [1.82, 2.24) is 10.2 Å². The average Bonchev–Trinajstić information content (AvgIpc) is 2.32. The van der Waals surface area contributed by atoms with Crippen molar-refractivity contribution < 1.29 is 14.4 Å². The number of amides is 1. The molecule has 5 heteroatoms. The Kier molecular flexibility index (Phi) is 9.90. The van der Waals surface area contributed by atoms with Crippen LogP contribution in [0.2, 0.25) is 0 Å². The predicted molar refractivity (Wildman–Crippen MR) is 79.5 cm³/mol. The topological polar surface area (TPSA) is 66.5 Å². The Morgan fingerprint density at radius 1 is 1.00 bits per heavy atom. The number of Topliss-reactive ketones (excluding diaryl/α,β-unsaturated/α-hetero) is 2. The van der Waals surface area contributed by atoms with Crippen LogP contribution in [0.1, 0.15) is 52.4 Å². The molecular formula is C15H28N2O3. The van der Waals surface area contributed by atoms with E-state index in [-0.39, 0.29) is 23.5 Å². The molecule has 116 valence electrons. The van der Waals surface area contributed by atoms with Crippen LogP contribution in [0.3, 0.4) is 0 Å². The Morgan fingerprint density at radius 2 is 1.65 bits per heavy atom. The summed E-state index contributed by atoms with van der Waals surface area (Å²) < 4.78 is 0. The minimum Gasteiger partial charge on any atom is -0.356 e. The van der Waals surface area contributed by atoms with Crippen LogP contribution in [-0.2, 0) is 14.4 Å². The van der Waals surface area contributed by atoms with Gasteiger partial charge in [0.1, 0.15) is 11.6 Å². The molecule has 5 nitrogen and oxygen atoms in total. The highest BCUT2D eigenvalue weighted by Crippen LogP contribution is 2.11. The Balaban J connectivity index is 3.99. The number of nitrogens with zero attached hydrogens (tertiary/aromatic N) is 1. The van der Waals surface area contributed by atoms with Crippen LogP contribution in [0.4, 0.5) is 0 Å². The molecule has 0 aliphatic rings. The molecule has 1 N–H and O–H groups in total. The van der Waals surface area contributed by atoms with E-state index in [9.17, 15) is 14.4 Å². The molecule has 0 saturated carbocycles. The lowest BCUT2D eigenvalue weighted by Gasteiger charge is -2.23. The summed E-state index contributed by atoms with van der Waals surface area (Å²) in [6.07, 6.45) is 4.17. The summed E-state index contributed by atoms with van der Waals surface area (Å²) in [6, 6.07) is -0.0840. The normalized spacial score (nSPS) is 12.2. The average molecular weight is 284 g/mol. The minimum atomic E-state index is -0.0840. The third kappa shape index (κ3) is 9.67. The molecule has 0 aliphatic carbocycles. The number of carbonyl (C=O) groups excluding carboxylic acids is 3. The van der Waals surface area contributed by atoms with Crippen LogP contribution in [-0.4, -0.2) is 49.1 Å². The van der Waals surface area contributed by atoms with Gasteiger partial charge in [0.2, 0.25) is 5.91 Å². The highest BCUT2D eigenvalue weighted by molar-refractivity contribution is 5.84. The van der Waals surface area contributed by atoms with Gasteiger partial charge in [0.15, 0.2) is 0 Å². The van der Waals surface area contributed by atoms with Gasteiger partial charge in [-0.15, -0.1) is 0 Å². The van der Waals surface area contributed by atoms with Gasteiger partial charge in [0.05, 0.1) is 6.04 Å². The van der Waals surface area contributed by atoms with E-state index in [1.165, 1.54) is 6.92 Å². The summed E-state index contributed by atoms with van der Waals surface area (Å²) in [6.45, 7) is 3.71. The second kappa shape index (κ2) is 10.5. The van der Waals surface area contributed by atoms with E-state index in [4.69, 9.17) is 0 Å². The molecule has 0 aliphatic heterocycles. The Bertz CT molecular complexity index is 327. The van der Waals surface area contributed by atoms with Gasteiger partial charge in [-0.3, -0.25) is 14.5 Å². The highest BCUT2D eigenvalue weighted by atomic mass is 16.1. The first-order valence-corrected chi connectivity index (χ1v) is 7.27. The van der Waals surface area contributed by atoms with Gasteiger partial charge in [0, 0.05) is 26.3 Å². The largest absolute Gasteiger partial charge is 0.356 e. The zero-order chi connectivity index (χ0) is 15.5. The molecule has 0 radical (unpaired) electrons. The maximum atomic E-state index is 12.1. The minimum absolute atomic E-state index is 0.0190. The van der Waals surface area contributed by atoms with Crippen LogP contribution in [0, 0.1) is 0 Å². The molecule has 1 amide bonds. The Labute approximate surface area is 122 Å². The van der Waals surface area contributed by atoms with Crippen LogP contribution in [0.25, 0.3) is 0 Å². The van der Waals surface area contributed by atoms with E-state index in [0.29, 0.717) is 25.8 Å². The second-order valence-electron chi connectivity index (χ2n) is 5.48. The first-order chi connectivity index (χ1) is 9.34. The molecular weight excluding hydrogens is 256 g/mol. The van der Waals surface area contributed by atoms with Gasteiger partial charge in [-0.2, -0.15) is 0 Å². The van der Waals surface area contributed by atoms with Gasteiger partial charge in [-0.05, 0) is 46.7 Å². The van der Waals surface area contributed by atoms with Crippen molar-refractivity contribution in [3.05, 3.63) is 0 Å². The number of hydrogen-bond acceptors (Lipinski definition) is 4. The van der Waals surface area contributed by atoms with Crippen molar-refractivity contribution in [2.24, 2.45) is 0 Å². The zero-order valence-electron chi connectivity index (χ0n) is 13.2. The maximum absolute atomic E-state index is 12.1. The number of carbonyl (C=O) groups is 3. The van der Waals surface area contributed by atoms with Gasteiger partial charge in [-0.25, -0.2) is 0 Å². The predicted octanol–water partition coefficient (Wildman–Crippen LogP) is 1.55. The van der Waals surface area contributed by atoms with Crippen molar-refractivity contribution in [3.8, 4) is 0 Å². The van der Waals surface area contributed by atoms with Crippen molar-refractivity contribution >= 4 is 17.5 Å². The number of unbranched alkanes of at least 4 members (excludes halogenated alkanes) is 1. The van der Waals surface area contributed by atoms with E-state index in [1.807, 2.05) is 19.0 Å². The lowest BCUT2D eigenvalue weighted by Crippen LogP contribution is -2.36. The SMILES string of the molecule is CC(=O)CCCC(=O)C(CCCCNC(C)=O)N(C)C. The molecule has 1 atom stereocenters. The van der Waals surface area contributed by atoms with Crippen molar-refractivity contribution in [1.29, 1.82) is 0 Å². The zero-order valence-corrected chi connectivity index (χ0v) is 13.2. The van der Waals surface area contributed by atoms with E-state index in [1.54, 1.807) is 6.92 Å².